The number of aromatic nitrogens is 2. The molecule has 4 nitrogen and oxygen atoms in total. The van der Waals surface area contributed by atoms with Gasteiger partial charge in [0.1, 0.15) is 0 Å². The van der Waals surface area contributed by atoms with Gasteiger partial charge >= 0.3 is 0 Å². The highest BCUT2D eigenvalue weighted by Crippen LogP contribution is 2.41. The van der Waals surface area contributed by atoms with E-state index in [4.69, 9.17) is 12.2 Å². The third-order valence-corrected chi connectivity index (χ3v) is 6.46. The molecule has 1 saturated heterocycles. The molecule has 0 aliphatic carbocycles. The summed E-state index contributed by atoms with van der Waals surface area (Å²) in [5.41, 5.74) is 5.91. The molecule has 30 heavy (non-hydrogen) atoms. The Morgan fingerprint density at radius 3 is 2.60 bits per heavy atom. The van der Waals surface area contributed by atoms with Gasteiger partial charge in [-0.3, -0.25) is 4.98 Å². The van der Waals surface area contributed by atoms with Crippen LogP contribution in [0.2, 0.25) is 0 Å². The van der Waals surface area contributed by atoms with E-state index >= 15 is 0 Å². The average Bonchev–Trinajstić information content (AvgIpc) is 3.18. The van der Waals surface area contributed by atoms with Crippen LogP contribution >= 0.6 is 28.1 Å². The summed E-state index contributed by atoms with van der Waals surface area (Å²) >= 11 is 9.39. The van der Waals surface area contributed by atoms with E-state index in [2.05, 4.69) is 99.8 Å². The third kappa shape index (κ3) is 3.91. The van der Waals surface area contributed by atoms with Crippen LogP contribution in [0.1, 0.15) is 48.6 Å². The van der Waals surface area contributed by atoms with Crippen LogP contribution in [0, 0.1) is 19.8 Å². The van der Waals surface area contributed by atoms with Gasteiger partial charge in [-0.05, 0) is 73.9 Å². The van der Waals surface area contributed by atoms with Gasteiger partial charge in [0, 0.05) is 34.3 Å². The van der Waals surface area contributed by atoms with Crippen LogP contribution in [0.25, 0.3) is 5.69 Å². The molecular weight excluding hydrogens is 456 g/mol. The molecule has 0 radical (unpaired) electrons. The Labute approximate surface area is 192 Å². The second-order valence-corrected chi connectivity index (χ2v) is 9.62. The largest absolute Gasteiger partial charge is 0.352 e. The molecule has 0 unspecified atom stereocenters. The molecule has 2 aromatic heterocycles. The number of halogens is 1. The summed E-state index contributed by atoms with van der Waals surface area (Å²) in [5, 5.41) is 4.36. The quantitative estimate of drug-likeness (QED) is 0.460. The van der Waals surface area contributed by atoms with Crippen molar-refractivity contribution in [2.75, 3.05) is 6.54 Å². The van der Waals surface area contributed by atoms with Crippen molar-refractivity contribution < 1.29 is 0 Å². The number of hydrogen-bond acceptors (Lipinski definition) is 2. The predicted molar refractivity (Wildman–Crippen MR) is 130 cm³/mol. The molecule has 1 fully saturated rings. The van der Waals surface area contributed by atoms with Crippen molar-refractivity contribution in [2.24, 2.45) is 5.92 Å². The molecule has 1 N–H and O–H groups in total. The maximum atomic E-state index is 5.78. The van der Waals surface area contributed by atoms with Crippen LogP contribution in [-0.4, -0.2) is 26.1 Å². The second-order valence-electron chi connectivity index (χ2n) is 8.31. The van der Waals surface area contributed by atoms with Crippen molar-refractivity contribution in [1.29, 1.82) is 0 Å². The zero-order valence-electron chi connectivity index (χ0n) is 17.8. The van der Waals surface area contributed by atoms with Gasteiger partial charge in [0.15, 0.2) is 5.11 Å². The summed E-state index contributed by atoms with van der Waals surface area (Å²) < 4.78 is 3.40. The van der Waals surface area contributed by atoms with Gasteiger partial charge in [-0.2, -0.15) is 0 Å². The Balaban J connectivity index is 1.84. The maximum absolute atomic E-state index is 5.78. The monoisotopic (exact) mass is 482 g/mol. The van der Waals surface area contributed by atoms with Gasteiger partial charge in [-0.1, -0.05) is 41.9 Å². The normalized spacial score (nSPS) is 18.9. The molecule has 2 atom stereocenters. The van der Waals surface area contributed by atoms with E-state index in [1.165, 1.54) is 17.0 Å². The highest BCUT2D eigenvalue weighted by Gasteiger charge is 2.41. The van der Waals surface area contributed by atoms with Gasteiger partial charge in [-0.15, -0.1) is 0 Å². The SMILES string of the molecule is Cc1cc([C@@H]2[C@@H](c3ccccn3)NC(=S)N2CC(C)C)c(C)n1-c1cccc(Br)c1. The van der Waals surface area contributed by atoms with Crippen molar-refractivity contribution >= 4 is 33.3 Å². The molecule has 0 spiro atoms. The first-order chi connectivity index (χ1) is 14.4. The Kier molecular flexibility index (Phi) is 5.98. The molecule has 1 aliphatic heterocycles. The Hall–Kier alpha value is -2.18. The predicted octanol–water partition coefficient (Wildman–Crippen LogP) is 5.88. The fourth-order valence-corrected chi connectivity index (χ4v) is 5.14. The minimum Gasteiger partial charge on any atom is -0.352 e. The molecule has 3 heterocycles. The third-order valence-electron chi connectivity index (χ3n) is 5.61. The average molecular weight is 483 g/mol. The summed E-state index contributed by atoms with van der Waals surface area (Å²) in [5.74, 6) is 0.503. The first kappa shape index (κ1) is 21.1. The van der Waals surface area contributed by atoms with E-state index in [0.717, 1.165) is 27.5 Å². The molecule has 0 saturated carbocycles. The van der Waals surface area contributed by atoms with Crippen molar-refractivity contribution in [1.82, 2.24) is 19.8 Å². The molecule has 4 rings (SSSR count). The summed E-state index contributed by atoms with van der Waals surface area (Å²) in [7, 11) is 0. The standard InChI is InChI=1S/C24H27BrN4S/c1-15(2)14-28-23(22(27-24(28)30)21-10-5-6-11-26-21)20-12-16(3)29(17(20)4)19-9-7-8-18(25)13-19/h5-13,15,22-23H,14H2,1-4H3,(H,27,30)/t22-,23-/m1/s1. The Morgan fingerprint density at radius 2 is 1.93 bits per heavy atom. The summed E-state index contributed by atoms with van der Waals surface area (Å²) in [6.07, 6.45) is 1.85. The van der Waals surface area contributed by atoms with Crippen molar-refractivity contribution in [3.8, 4) is 5.69 Å². The van der Waals surface area contributed by atoms with Gasteiger partial charge in [-0.25, -0.2) is 0 Å². The van der Waals surface area contributed by atoms with Crippen LogP contribution in [-0.2, 0) is 0 Å². The fraction of sp³-hybridized carbons (Fsp3) is 0.333. The Morgan fingerprint density at radius 1 is 1.13 bits per heavy atom. The lowest BCUT2D eigenvalue weighted by atomic mass is 9.96. The fourth-order valence-electron chi connectivity index (χ4n) is 4.43. The summed E-state index contributed by atoms with van der Waals surface area (Å²) in [4.78, 5) is 6.99. The van der Waals surface area contributed by atoms with E-state index in [0.29, 0.717) is 5.92 Å². The first-order valence-electron chi connectivity index (χ1n) is 10.3. The number of nitrogens with zero attached hydrogens (tertiary/aromatic N) is 3. The van der Waals surface area contributed by atoms with E-state index in [-0.39, 0.29) is 12.1 Å². The highest BCUT2D eigenvalue weighted by molar-refractivity contribution is 9.10. The van der Waals surface area contributed by atoms with Gasteiger partial charge in [0.25, 0.3) is 0 Å². The first-order valence-corrected chi connectivity index (χ1v) is 11.5. The van der Waals surface area contributed by atoms with Crippen molar-refractivity contribution in [3.05, 3.63) is 81.8 Å². The number of hydrogen-bond donors (Lipinski definition) is 1. The number of rotatable bonds is 5. The van der Waals surface area contributed by atoms with Crippen LogP contribution in [0.4, 0.5) is 0 Å². The number of pyridine rings is 1. The zero-order chi connectivity index (χ0) is 21.4. The second kappa shape index (κ2) is 8.52. The molecule has 0 amide bonds. The highest BCUT2D eigenvalue weighted by atomic mass is 79.9. The van der Waals surface area contributed by atoms with Gasteiger partial charge in [0.05, 0.1) is 17.8 Å². The lowest BCUT2D eigenvalue weighted by molar-refractivity contribution is 0.287. The van der Waals surface area contributed by atoms with E-state index in [1.807, 2.05) is 18.3 Å². The molecule has 1 aromatic carbocycles. The molecular formula is C24H27BrN4S. The molecule has 156 valence electrons. The van der Waals surface area contributed by atoms with E-state index < -0.39 is 0 Å². The number of aryl methyl sites for hydroxylation is 1. The lowest BCUT2D eigenvalue weighted by Crippen LogP contribution is -2.33. The lowest BCUT2D eigenvalue weighted by Gasteiger charge is -2.29. The van der Waals surface area contributed by atoms with E-state index in [9.17, 15) is 0 Å². The topological polar surface area (TPSA) is 33.1 Å². The van der Waals surface area contributed by atoms with Crippen LogP contribution in [0.15, 0.2) is 59.2 Å². The minimum atomic E-state index is 0.0221. The minimum absolute atomic E-state index is 0.0221. The van der Waals surface area contributed by atoms with Crippen LogP contribution < -0.4 is 5.32 Å². The maximum Gasteiger partial charge on any atom is 0.170 e. The number of nitrogens with one attached hydrogen (secondary N) is 1. The Bertz CT molecular complexity index is 1060. The van der Waals surface area contributed by atoms with E-state index in [1.54, 1.807) is 0 Å². The zero-order valence-corrected chi connectivity index (χ0v) is 20.2. The van der Waals surface area contributed by atoms with Gasteiger partial charge < -0.3 is 14.8 Å². The molecule has 3 aromatic rings. The molecule has 6 heteroatoms. The number of thiocarbonyl (C=S) groups is 1. The number of benzene rings is 1. The van der Waals surface area contributed by atoms with Crippen molar-refractivity contribution in [2.45, 2.75) is 39.8 Å². The van der Waals surface area contributed by atoms with Gasteiger partial charge in [0.2, 0.25) is 0 Å². The summed E-state index contributed by atoms with van der Waals surface area (Å²) in [6, 6.07) is 16.9. The van der Waals surface area contributed by atoms with Crippen molar-refractivity contribution in [3.63, 3.8) is 0 Å². The molecule has 1 aliphatic rings. The smallest absolute Gasteiger partial charge is 0.170 e. The van der Waals surface area contributed by atoms with Crippen LogP contribution in [0.3, 0.4) is 0 Å². The molecule has 0 bridgehead atoms. The van der Waals surface area contributed by atoms with Crippen LogP contribution in [0.5, 0.6) is 0 Å². The summed E-state index contributed by atoms with van der Waals surface area (Å²) in [6.45, 7) is 9.74.